The van der Waals surface area contributed by atoms with E-state index in [1.807, 2.05) is 52.0 Å². The summed E-state index contributed by atoms with van der Waals surface area (Å²) in [5.41, 5.74) is 3.28. The maximum atomic E-state index is 11.9. The highest BCUT2D eigenvalue weighted by atomic mass is 16.5. The average molecular weight is 255 g/mol. The molecule has 19 heavy (non-hydrogen) atoms. The molecule has 0 aliphatic carbocycles. The van der Waals surface area contributed by atoms with Crippen LogP contribution in [0.5, 0.6) is 5.75 Å². The highest BCUT2D eigenvalue weighted by Gasteiger charge is 2.23. The first kappa shape index (κ1) is 12.0. The number of pyridine rings is 1. The van der Waals surface area contributed by atoms with Crippen LogP contribution in [-0.4, -0.2) is 10.6 Å². The number of fused-ring (bicyclic) bond motifs is 3. The molecule has 0 amide bonds. The van der Waals surface area contributed by atoms with Gasteiger partial charge in [0.2, 0.25) is 0 Å². The number of aromatic amines is 1. The minimum absolute atomic E-state index is 0.0309. The Bertz CT molecular complexity index is 766. The third-order valence-electron chi connectivity index (χ3n) is 3.78. The Morgan fingerprint density at radius 2 is 1.89 bits per heavy atom. The lowest BCUT2D eigenvalue weighted by atomic mass is 9.97. The Hall–Kier alpha value is -2.03. The zero-order valence-corrected chi connectivity index (χ0v) is 11.6. The van der Waals surface area contributed by atoms with Gasteiger partial charge in [-0.25, -0.2) is 0 Å². The summed E-state index contributed by atoms with van der Waals surface area (Å²) < 4.78 is 5.93. The molecule has 0 spiro atoms. The van der Waals surface area contributed by atoms with Gasteiger partial charge >= 0.3 is 0 Å². The van der Waals surface area contributed by atoms with Crippen LogP contribution in [0.4, 0.5) is 0 Å². The summed E-state index contributed by atoms with van der Waals surface area (Å²) in [5.74, 6) is 0.818. The number of aromatic nitrogens is 1. The van der Waals surface area contributed by atoms with E-state index in [4.69, 9.17) is 4.74 Å². The fourth-order valence-electron chi connectivity index (χ4n) is 2.48. The second kappa shape index (κ2) is 3.73. The molecule has 1 aromatic carbocycles. The molecule has 1 aliphatic rings. The van der Waals surface area contributed by atoms with Crippen LogP contribution in [0.25, 0.3) is 17.0 Å². The number of benzene rings is 1. The lowest BCUT2D eigenvalue weighted by Gasteiger charge is -2.28. The van der Waals surface area contributed by atoms with Gasteiger partial charge in [-0.15, -0.1) is 0 Å². The Morgan fingerprint density at radius 1 is 1.16 bits per heavy atom. The molecule has 1 N–H and O–H groups in total. The van der Waals surface area contributed by atoms with Crippen LogP contribution < -0.4 is 10.3 Å². The number of hydrogen-bond acceptors (Lipinski definition) is 2. The summed E-state index contributed by atoms with van der Waals surface area (Å²) in [6.45, 7) is 7.86. The van der Waals surface area contributed by atoms with Crippen molar-refractivity contribution < 1.29 is 4.74 Å². The van der Waals surface area contributed by atoms with Crippen molar-refractivity contribution in [3.05, 3.63) is 45.3 Å². The molecule has 3 nitrogen and oxygen atoms in total. The summed E-state index contributed by atoms with van der Waals surface area (Å²) in [7, 11) is 0. The number of hydrogen-bond donors (Lipinski definition) is 1. The van der Waals surface area contributed by atoms with Crippen molar-refractivity contribution in [2.45, 2.75) is 33.3 Å². The average Bonchev–Trinajstić information content (AvgIpc) is 2.34. The van der Waals surface area contributed by atoms with E-state index in [2.05, 4.69) is 4.98 Å². The number of aryl methyl sites for hydroxylation is 1. The Kier molecular flexibility index (Phi) is 2.36. The first-order valence-electron chi connectivity index (χ1n) is 6.43. The topological polar surface area (TPSA) is 42.1 Å². The van der Waals surface area contributed by atoms with Gasteiger partial charge in [0.25, 0.3) is 5.56 Å². The Balaban J connectivity index is 2.39. The molecule has 2 aromatic rings. The minimum Gasteiger partial charge on any atom is -0.483 e. The largest absolute Gasteiger partial charge is 0.483 e. The Labute approximate surface area is 111 Å². The van der Waals surface area contributed by atoms with Crippen molar-refractivity contribution in [2.75, 3.05) is 0 Å². The first-order chi connectivity index (χ1) is 8.89. The summed E-state index contributed by atoms with van der Waals surface area (Å²) in [6, 6.07) is 4.00. The summed E-state index contributed by atoms with van der Waals surface area (Å²) in [6.07, 6.45) is 4.05. The monoisotopic (exact) mass is 255 g/mol. The fraction of sp³-hybridized carbons (Fsp3) is 0.312. The number of nitrogens with one attached hydrogen (secondary N) is 1. The van der Waals surface area contributed by atoms with Crippen LogP contribution >= 0.6 is 0 Å². The van der Waals surface area contributed by atoms with E-state index >= 15 is 0 Å². The predicted octanol–water partition coefficient (Wildman–Crippen LogP) is 3.33. The molecule has 3 heteroatoms. The van der Waals surface area contributed by atoms with E-state index < -0.39 is 0 Å². The summed E-state index contributed by atoms with van der Waals surface area (Å²) in [5, 5.41) is 1.07. The maximum absolute atomic E-state index is 11.9. The summed E-state index contributed by atoms with van der Waals surface area (Å²) in [4.78, 5) is 14.9. The molecular formula is C16H17NO2. The molecule has 0 saturated heterocycles. The molecule has 0 atom stereocenters. The highest BCUT2D eigenvalue weighted by Crippen LogP contribution is 2.35. The van der Waals surface area contributed by atoms with Gasteiger partial charge in [0.1, 0.15) is 11.4 Å². The molecule has 0 fully saturated rings. The zero-order chi connectivity index (χ0) is 13.8. The van der Waals surface area contributed by atoms with Crippen LogP contribution in [0.15, 0.2) is 23.0 Å². The molecule has 0 saturated carbocycles. The lowest BCUT2D eigenvalue weighted by molar-refractivity contribution is 0.159. The minimum atomic E-state index is -0.305. The van der Waals surface area contributed by atoms with E-state index in [0.717, 1.165) is 33.3 Å². The first-order valence-corrected chi connectivity index (χ1v) is 6.43. The van der Waals surface area contributed by atoms with Gasteiger partial charge in [0.15, 0.2) is 0 Å². The van der Waals surface area contributed by atoms with Gasteiger partial charge in [-0.05, 0) is 57.5 Å². The quantitative estimate of drug-likeness (QED) is 0.784. The lowest BCUT2D eigenvalue weighted by Crippen LogP contribution is -2.27. The zero-order valence-electron chi connectivity index (χ0n) is 11.6. The molecule has 0 bridgehead atoms. The van der Waals surface area contributed by atoms with Crippen molar-refractivity contribution in [1.29, 1.82) is 0 Å². The molecule has 2 heterocycles. The predicted molar refractivity (Wildman–Crippen MR) is 77.8 cm³/mol. The van der Waals surface area contributed by atoms with E-state index in [0.29, 0.717) is 0 Å². The standard InChI is InChI=1S/C16H17NO2/c1-9-10(2)15(18)17-14-11(9)5-6-13-12(14)7-8-16(3,4)19-13/h5-8H,1-4H3,(H,17,18). The van der Waals surface area contributed by atoms with Gasteiger partial charge in [0, 0.05) is 16.5 Å². The SMILES string of the molecule is Cc1c(C)c2ccc3c(c2[nH]c1=O)C=CC(C)(C)O3. The van der Waals surface area contributed by atoms with E-state index in [1.165, 1.54) is 0 Å². The summed E-state index contributed by atoms with van der Waals surface area (Å²) >= 11 is 0. The van der Waals surface area contributed by atoms with E-state index in [-0.39, 0.29) is 11.2 Å². The highest BCUT2D eigenvalue weighted by molar-refractivity contribution is 5.93. The van der Waals surface area contributed by atoms with Crippen molar-refractivity contribution in [3.63, 3.8) is 0 Å². The third-order valence-corrected chi connectivity index (χ3v) is 3.78. The second-order valence-corrected chi connectivity index (χ2v) is 5.64. The van der Waals surface area contributed by atoms with Crippen molar-refractivity contribution in [3.8, 4) is 5.75 Å². The van der Waals surface area contributed by atoms with Crippen molar-refractivity contribution in [1.82, 2.24) is 4.98 Å². The van der Waals surface area contributed by atoms with Crippen LogP contribution in [0.1, 0.15) is 30.5 Å². The van der Waals surface area contributed by atoms with Gasteiger partial charge in [0.05, 0.1) is 5.52 Å². The molecule has 1 aromatic heterocycles. The third kappa shape index (κ3) is 1.77. The van der Waals surface area contributed by atoms with Crippen LogP contribution in [0.2, 0.25) is 0 Å². The van der Waals surface area contributed by atoms with Crippen molar-refractivity contribution in [2.24, 2.45) is 0 Å². The van der Waals surface area contributed by atoms with Crippen LogP contribution in [-0.2, 0) is 0 Å². The van der Waals surface area contributed by atoms with Gasteiger partial charge in [-0.3, -0.25) is 4.79 Å². The van der Waals surface area contributed by atoms with Crippen LogP contribution in [0.3, 0.4) is 0 Å². The van der Waals surface area contributed by atoms with Gasteiger partial charge < -0.3 is 9.72 Å². The Morgan fingerprint density at radius 3 is 2.63 bits per heavy atom. The maximum Gasteiger partial charge on any atom is 0.251 e. The molecule has 3 rings (SSSR count). The fourth-order valence-corrected chi connectivity index (χ4v) is 2.48. The smallest absolute Gasteiger partial charge is 0.251 e. The van der Waals surface area contributed by atoms with E-state index in [1.54, 1.807) is 0 Å². The van der Waals surface area contributed by atoms with Crippen molar-refractivity contribution >= 4 is 17.0 Å². The molecule has 0 radical (unpaired) electrons. The molecule has 1 aliphatic heterocycles. The molecular weight excluding hydrogens is 238 g/mol. The van der Waals surface area contributed by atoms with Gasteiger partial charge in [-0.2, -0.15) is 0 Å². The number of H-pyrrole nitrogens is 1. The van der Waals surface area contributed by atoms with E-state index in [9.17, 15) is 4.79 Å². The van der Waals surface area contributed by atoms with Crippen LogP contribution in [0, 0.1) is 13.8 Å². The molecule has 98 valence electrons. The molecule has 0 unspecified atom stereocenters. The second-order valence-electron chi connectivity index (χ2n) is 5.64. The van der Waals surface area contributed by atoms with Gasteiger partial charge in [-0.1, -0.05) is 0 Å². The number of ether oxygens (including phenoxy) is 1. The number of rotatable bonds is 0. The normalized spacial score (nSPS) is 16.2.